The molecule has 0 fully saturated rings. The summed E-state index contributed by atoms with van der Waals surface area (Å²) < 4.78 is 12.5. The molecular weight excluding hydrogens is 1090 g/mol. The lowest BCUT2D eigenvalue weighted by molar-refractivity contribution is 0.420. The van der Waals surface area contributed by atoms with E-state index in [1.54, 1.807) is 54.3 Å². The molecule has 19 nitrogen and oxygen atoms in total. The van der Waals surface area contributed by atoms with E-state index < -0.39 is 0 Å². The lowest BCUT2D eigenvalue weighted by Gasteiger charge is -1.49. The van der Waals surface area contributed by atoms with Gasteiger partial charge in [0.05, 0.1) is 18.6 Å². The second-order valence-electron chi connectivity index (χ2n) is 5.26. The summed E-state index contributed by atoms with van der Waals surface area (Å²) in [5.74, 6) is 0. The van der Waals surface area contributed by atoms with Crippen molar-refractivity contribution in [2.75, 3.05) is 0 Å². The van der Waals surface area contributed by atoms with Crippen molar-refractivity contribution in [1.82, 2.24) is 85.9 Å². The SMILES string of the molecule is CC.CC.CC.CC.CC.CC.CC.CC.CC.CC.CC.CC.CC.CC.CC.CC.CC.CC.CC.CC.CC.CC.c1cn[nH]c1.c1cn[nH]n1.c1cnoc1.c1cnsc1.c1nc[nH]n1.c1nc[nH]n1.c1nnco1.c1nncs1. The van der Waals surface area contributed by atoms with E-state index in [2.05, 4.69) is 94.8 Å². The molecule has 0 unspecified atom stereocenters. The Hall–Kier alpha value is -5.83. The molecule has 0 bridgehead atoms. The van der Waals surface area contributed by atoms with E-state index in [4.69, 9.17) is 0 Å². The van der Waals surface area contributed by atoms with E-state index in [0.717, 1.165) is 0 Å². The van der Waals surface area contributed by atoms with E-state index in [1.807, 2.05) is 322 Å². The van der Waals surface area contributed by atoms with Crippen LogP contribution in [0.25, 0.3) is 0 Å². The second kappa shape index (κ2) is 383. The minimum atomic E-state index is 1.26. The number of nitrogens with one attached hydrogen (secondary N) is 4. The number of hydrogen-bond donors (Lipinski definition) is 4. The Kier molecular flexibility index (Phi) is 674. The Morgan fingerprint density at radius 2 is 0.667 bits per heavy atom. The summed E-state index contributed by atoms with van der Waals surface area (Å²) in [6.45, 7) is 88.0. The van der Waals surface area contributed by atoms with Crippen molar-refractivity contribution >= 4 is 22.9 Å². The fraction of sp³-hybridized carbons (Fsp3) is 0.698. The highest BCUT2D eigenvalue weighted by Gasteiger charge is 1.63. The van der Waals surface area contributed by atoms with E-state index in [0.29, 0.717) is 0 Å². The Morgan fingerprint density at radius 1 is 0.321 bits per heavy atom. The minimum absolute atomic E-state index is 1.26. The zero-order valence-electron chi connectivity index (χ0n) is 64.4. The van der Waals surface area contributed by atoms with Crippen LogP contribution in [0, 0.1) is 0 Å². The predicted molar refractivity (Wildman–Crippen MR) is 390 cm³/mol. The highest BCUT2D eigenvalue weighted by molar-refractivity contribution is 7.07. The van der Waals surface area contributed by atoms with Crippen LogP contribution < -0.4 is 0 Å². The molecule has 4 N–H and O–H groups in total. The first kappa shape index (κ1) is 148. The largest absolute Gasteiger partial charge is 0.431 e. The molecule has 8 rings (SSSR count). The number of aromatic nitrogens is 17. The maximum Gasteiger partial charge on any atom is 0.203 e. The maximum atomic E-state index is 4.36. The summed E-state index contributed by atoms with van der Waals surface area (Å²) in [6, 6.07) is 5.46. The van der Waals surface area contributed by atoms with E-state index in [1.165, 1.54) is 67.2 Å². The molecule has 0 saturated heterocycles. The summed E-state index contributed by atoms with van der Waals surface area (Å²) >= 11 is 2.95. The van der Waals surface area contributed by atoms with Gasteiger partial charge in [0.15, 0.2) is 0 Å². The molecule has 8 heterocycles. The Labute approximate surface area is 535 Å². The molecule has 8 aromatic heterocycles. The third-order valence-electron chi connectivity index (χ3n) is 2.66. The maximum absolute atomic E-state index is 4.36. The third kappa shape index (κ3) is 369. The van der Waals surface area contributed by atoms with Crippen LogP contribution in [-0.4, -0.2) is 85.9 Å². The summed E-state index contributed by atoms with van der Waals surface area (Å²) in [4.78, 5) is 7.11. The smallest absolute Gasteiger partial charge is 0.203 e. The second-order valence-corrected chi connectivity index (χ2v) is 6.65. The van der Waals surface area contributed by atoms with Gasteiger partial charge in [-0.05, 0) is 29.7 Å². The number of aromatic amines is 4. The van der Waals surface area contributed by atoms with Crippen molar-refractivity contribution in [1.29, 1.82) is 0 Å². The lowest BCUT2D eigenvalue weighted by Crippen LogP contribution is -1.61. The molecule has 0 saturated carbocycles. The van der Waals surface area contributed by atoms with Crippen LogP contribution >= 0.6 is 22.9 Å². The van der Waals surface area contributed by atoms with Gasteiger partial charge in [-0.25, -0.2) is 14.3 Å². The van der Waals surface area contributed by atoms with Crippen molar-refractivity contribution in [2.24, 2.45) is 0 Å². The van der Waals surface area contributed by atoms with Crippen molar-refractivity contribution in [3.8, 4) is 0 Å². The molecule has 0 spiro atoms. The predicted octanol–water partition coefficient (Wildman–Crippen LogP) is 24.8. The normalized spacial score (nSPS) is 5.38. The van der Waals surface area contributed by atoms with Crippen molar-refractivity contribution < 1.29 is 8.94 Å². The summed E-state index contributed by atoms with van der Waals surface area (Å²) in [7, 11) is 0. The Morgan fingerprint density at radius 3 is 0.750 bits per heavy atom. The summed E-state index contributed by atoms with van der Waals surface area (Å²) in [5.41, 5.74) is 3.36. The molecule has 516 valence electrons. The van der Waals surface area contributed by atoms with Gasteiger partial charge in [-0.3, -0.25) is 15.3 Å². The standard InChI is InChI=1S/C3H4N2.C3H3NO.C3H3NS.3C2H3N3.C2H2N2O.C2H2N2S.22C2H6/c3*1-2-4-5-3-1;2*1-3-2-5-4-1;1-2-4-5-3-1;2*1-3-4-2-5-1;22*1-2/h1-3H,(H,4,5);2*1-3H;3*1-2H,(H,3,4,5);2*1-2H;22*1-2H3. The summed E-state index contributed by atoms with van der Waals surface area (Å²) in [6.07, 6.45) is 19.9. The topological polar surface area (TPSA) is 257 Å². The zero-order valence-corrected chi connectivity index (χ0v) is 66.0. The van der Waals surface area contributed by atoms with Gasteiger partial charge in [-0.15, -0.1) is 31.7 Å². The summed E-state index contributed by atoms with van der Waals surface area (Å²) in [5, 5.41) is 46.4. The van der Waals surface area contributed by atoms with Crippen LogP contribution in [0.4, 0.5) is 0 Å². The first-order valence-corrected chi connectivity index (χ1v) is 34.1. The number of nitrogens with zero attached hydrogens (tertiary/aromatic N) is 13. The van der Waals surface area contributed by atoms with Gasteiger partial charge < -0.3 is 8.94 Å². The fourth-order valence-corrected chi connectivity index (χ4v) is 1.96. The van der Waals surface area contributed by atoms with Crippen LogP contribution in [0.3, 0.4) is 0 Å². The molecule has 0 amide bonds. The van der Waals surface area contributed by atoms with E-state index in [9.17, 15) is 0 Å². The molecule has 84 heavy (non-hydrogen) atoms. The quantitative estimate of drug-likeness (QED) is 0.110. The Bertz CT molecular complexity index is 854. The van der Waals surface area contributed by atoms with Crippen LogP contribution in [0.5, 0.6) is 0 Å². The molecule has 0 aliphatic carbocycles. The Balaban J connectivity index is -0.0000000240. The highest BCUT2D eigenvalue weighted by Crippen LogP contribution is 1.84. The minimum Gasteiger partial charge on any atom is -0.431 e. The molecule has 0 aromatic carbocycles. The molecule has 8 aromatic rings. The van der Waals surface area contributed by atoms with E-state index in [-0.39, 0.29) is 0 Å². The number of rotatable bonds is 0. The van der Waals surface area contributed by atoms with Crippen LogP contribution in [0.15, 0.2) is 125 Å². The van der Waals surface area contributed by atoms with Crippen molar-refractivity contribution in [3.05, 3.63) is 116 Å². The van der Waals surface area contributed by atoms with Crippen molar-refractivity contribution in [3.63, 3.8) is 0 Å². The molecule has 0 aliphatic heterocycles. The van der Waals surface area contributed by atoms with Gasteiger partial charge in [-0.1, -0.05) is 310 Å². The fourth-order valence-electron chi connectivity index (χ4n) is 1.34. The molecule has 0 aliphatic rings. The lowest BCUT2D eigenvalue weighted by atomic mass is 10.8. The number of H-pyrrole nitrogens is 4. The van der Waals surface area contributed by atoms with E-state index >= 15 is 0 Å². The van der Waals surface area contributed by atoms with Gasteiger partial charge in [0.2, 0.25) is 12.8 Å². The van der Waals surface area contributed by atoms with Gasteiger partial charge in [0, 0.05) is 24.0 Å². The monoisotopic (exact) mass is 1250 g/mol. The first-order chi connectivity index (χ1) is 42.0. The molecule has 0 atom stereocenters. The highest BCUT2D eigenvalue weighted by atomic mass is 32.1. The molecule has 21 heteroatoms. The third-order valence-corrected chi connectivity index (χ3v) is 3.61. The average molecular weight is 1250 g/mol. The zero-order chi connectivity index (χ0) is 72.3. The average Bonchev–Trinajstić information content (AvgIpc) is 4.50. The van der Waals surface area contributed by atoms with Gasteiger partial charge in [0.25, 0.3) is 0 Å². The molecular formula is C63H155N17O2S2. The van der Waals surface area contributed by atoms with Crippen LogP contribution in [-0.2, 0) is 0 Å². The van der Waals surface area contributed by atoms with Gasteiger partial charge in [-0.2, -0.15) is 30.7 Å². The van der Waals surface area contributed by atoms with Gasteiger partial charge >= 0.3 is 0 Å². The van der Waals surface area contributed by atoms with Crippen molar-refractivity contribution in [2.45, 2.75) is 305 Å². The number of hydrogen-bond acceptors (Lipinski definition) is 17. The van der Waals surface area contributed by atoms with Gasteiger partial charge in [0.1, 0.15) is 42.6 Å². The van der Waals surface area contributed by atoms with Crippen LogP contribution in [0.1, 0.15) is 305 Å². The molecule has 0 radical (unpaired) electrons. The van der Waals surface area contributed by atoms with Crippen LogP contribution in [0.2, 0.25) is 0 Å². The first-order valence-electron chi connectivity index (χ1n) is 32.4.